The molecule has 2 aromatic heterocycles. The van der Waals surface area contributed by atoms with Gasteiger partial charge in [-0.3, -0.25) is 4.98 Å². The molecule has 180 valence electrons. The number of nitrogens with zero attached hydrogens (tertiary/aromatic N) is 5. The van der Waals surface area contributed by atoms with Crippen molar-refractivity contribution in [1.29, 1.82) is 5.26 Å². The van der Waals surface area contributed by atoms with Gasteiger partial charge in [-0.25, -0.2) is 9.07 Å². The molecule has 6 rings (SSSR count). The van der Waals surface area contributed by atoms with E-state index in [2.05, 4.69) is 38.9 Å². The van der Waals surface area contributed by atoms with Gasteiger partial charge in [0.25, 0.3) is 0 Å². The van der Waals surface area contributed by atoms with Crippen LogP contribution < -0.4 is 10.6 Å². The number of anilines is 2. The van der Waals surface area contributed by atoms with Crippen LogP contribution in [-0.2, 0) is 5.44 Å². The van der Waals surface area contributed by atoms with Crippen LogP contribution in [0.5, 0.6) is 0 Å². The topological polar surface area (TPSA) is 91.5 Å². The highest BCUT2D eigenvalue weighted by molar-refractivity contribution is 6.36. The van der Waals surface area contributed by atoms with Gasteiger partial charge in [0.2, 0.25) is 0 Å². The predicted molar refractivity (Wildman–Crippen MR) is 140 cm³/mol. The average molecular weight is 500 g/mol. The molecule has 2 aliphatic rings. The molecule has 2 saturated carbocycles. The lowest BCUT2D eigenvalue weighted by atomic mass is 9.69. The third-order valence-electron chi connectivity index (χ3n) is 7.23. The number of nitriles is 1. The van der Waals surface area contributed by atoms with Crippen LogP contribution in [-0.4, -0.2) is 33.4 Å². The van der Waals surface area contributed by atoms with Crippen LogP contribution in [0.15, 0.2) is 48.8 Å². The summed E-state index contributed by atoms with van der Waals surface area (Å²) in [5, 5.41) is 27.0. The van der Waals surface area contributed by atoms with Crippen LogP contribution >= 0.6 is 11.6 Å². The Bertz CT molecular complexity index is 1520. The summed E-state index contributed by atoms with van der Waals surface area (Å²) in [6.07, 6.45) is 7.76. The first-order chi connectivity index (χ1) is 17.3. The molecule has 2 aromatic carbocycles. The minimum Gasteiger partial charge on any atom is -0.378 e. The van der Waals surface area contributed by atoms with Crippen LogP contribution in [0.1, 0.15) is 55.5 Å². The first-order valence-electron chi connectivity index (χ1n) is 12.1. The van der Waals surface area contributed by atoms with E-state index < -0.39 is 5.44 Å². The molecule has 0 spiro atoms. The summed E-state index contributed by atoms with van der Waals surface area (Å²) < 4.78 is 15.7. The first kappa shape index (κ1) is 22.8. The highest BCUT2D eigenvalue weighted by Crippen LogP contribution is 2.43. The summed E-state index contributed by atoms with van der Waals surface area (Å²) in [5.41, 5.74) is 3.22. The standard InChI is InChI=1S/C26H24BClFN7/c1-25(8-9-25)33-23-15(12-30)13-31-24-20(23)10-18(11-21(24)28)32-26(27,16-2-4-17(29)5-3-16)22-14-36(35-34-22)19-6-7-19/h2-5,10-11,13-14,19,32H,6-9,27H2,1H3,(H,31,33). The molecule has 7 nitrogen and oxygen atoms in total. The van der Waals surface area contributed by atoms with Gasteiger partial charge in [-0.1, -0.05) is 28.9 Å². The molecule has 10 heteroatoms. The van der Waals surface area contributed by atoms with Gasteiger partial charge in [-0.2, -0.15) is 5.26 Å². The van der Waals surface area contributed by atoms with Crippen molar-refractivity contribution in [2.75, 3.05) is 10.6 Å². The molecule has 0 saturated heterocycles. The van der Waals surface area contributed by atoms with Crippen molar-refractivity contribution in [3.05, 3.63) is 76.5 Å². The molecule has 2 aliphatic carbocycles. The van der Waals surface area contributed by atoms with Crippen LogP contribution in [0.4, 0.5) is 15.8 Å². The molecule has 2 fully saturated rings. The molecule has 0 bridgehead atoms. The molecule has 1 unspecified atom stereocenters. The van der Waals surface area contributed by atoms with E-state index >= 15 is 0 Å². The fraction of sp³-hybridized carbons (Fsp3) is 0.308. The molecular formula is C26H24BClFN7. The Labute approximate surface area is 214 Å². The second kappa shape index (κ2) is 8.21. The van der Waals surface area contributed by atoms with Crippen LogP contribution in [0.2, 0.25) is 5.02 Å². The minimum absolute atomic E-state index is 0.0419. The maximum Gasteiger partial charge on any atom is 0.148 e. The van der Waals surface area contributed by atoms with Crippen molar-refractivity contribution in [3.8, 4) is 6.07 Å². The van der Waals surface area contributed by atoms with Crippen molar-refractivity contribution in [2.45, 2.75) is 49.6 Å². The molecule has 0 aliphatic heterocycles. The number of nitrogens with one attached hydrogen (secondary N) is 2. The zero-order valence-corrected chi connectivity index (χ0v) is 20.8. The highest BCUT2D eigenvalue weighted by Gasteiger charge is 2.38. The van der Waals surface area contributed by atoms with Gasteiger partial charge in [-0.05, 0) is 62.4 Å². The summed E-state index contributed by atoms with van der Waals surface area (Å²) in [4.78, 5) is 4.47. The second-order valence-electron chi connectivity index (χ2n) is 10.3. The lowest BCUT2D eigenvalue weighted by Crippen LogP contribution is -2.37. The second-order valence-corrected chi connectivity index (χ2v) is 10.7. The van der Waals surface area contributed by atoms with E-state index in [0.717, 1.165) is 48.0 Å². The van der Waals surface area contributed by atoms with E-state index in [4.69, 9.17) is 11.6 Å². The number of aromatic nitrogens is 4. The quantitative estimate of drug-likeness (QED) is 0.357. The third-order valence-corrected chi connectivity index (χ3v) is 7.52. The summed E-state index contributed by atoms with van der Waals surface area (Å²) in [6, 6.07) is 12.8. The fourth-order valence-electron chi connectivity index (χ4n) is 4.54. The van der Waals surface area contributed by atoms with Crippen LogP contribution in [0.25, 0.3) is 10.9 Å². The van der Waals surface area contributed by atoms with Crippen molar-refractivity contribution in [3.63, 3.8) is 0 Å². The molecule has 0 radical (unpaired) electrons. The van der Waals surface area contributed by atoms with Crippen molar-refractivity contribution in [1.82, 2.24) is 20.0 Å². The molecule has 2 N–H and O–H groups in total. The largest absolute Gasteiger partial charge is 0.378 e. The van der Waals surface area contributed by atoms with Crippen molar-refractivity contribution in [2.24, 2.45) is 0 Å². The SMILES string of the molecule is BC(Nc1cc(Cl)c2ncc(C#N)c(NC3(C)CC3)c2c1)(c1ccc(F)cc1)c1cn(C2CC2)nn1. The van der Waals surface area contributed by atoms with Gasteiger partial charge in [-0.15, -0.1) is 5.10 Å². The number of pyridine rings is 1. The molecule has 2 heterocycles. The number of fused-ring (bicyclic) bond motifs is 1. The first-order valence-corrected chi connectivity index (χ1v) is 12.4. The number of halogens is 2. The van der Waals surface area contributed by atoms with E-state index in [1.165, 1.54) is 12.1 Å². The maximum atomic E-state index is 13.8. The van der Waals surface area contributed by atoms with Gasteiger partial charge in [0.05, 0.1) is 39.5 Å². The van der Waals surface area contributed by atoms with E-state index in [1.807, 2.05) is 30.9 Å². The van der Waals surface area contributed by atoms with Gasteiger partial charge in [0.1, 0.15) is 25.4 Å². The summed E-state index contributed by atoms with van der Waals surface area (Å²) >= 11 is 6.72. The Hall–Kier alpha value is -3.64. The monoisotopic (exact) mass is 499 g/mol. The third kappa shape index (κ3) is 4.05. The number of benzene rings is 2. The van der Waals surface area contributed by atoms with Crippen LogP contribution in [0.3, 0.4) is 0 Å². The average Bonchev–Trinajstić information content (AvgIpc) is 3.78. The van der Waals surface area contributed by atoms with Crippen molar-refractivity contribution < 1.29 is 4.39 Å². The molecule has 4 aromatic rings. The summed E-state index contributed by atoms with van der Waals surface area (Å²) in [6.45, 7) is 2.14. The zero-order chi connectivity index (χ0) is 25.1. The smallest absolute Gasteiger partial charge is 0.148 e. The number of rotatable bonds is 7. The Balaban J connectivity index is 1.47. The lowest BCUT2D eigenvalue weighted by Gasteiger charge is -2.31. The number of hydrogen-bond acceptors (Lipinski definition) is 6. The highest BCUT2D eigenvalue weighted by atomic mass is 35.5. The van der Waals surface area contributed by atoms with E-state index in [-0.39, 0.29) is 11.4 Å². The van der Waals surface area contributed by atoms with E-state index in [1.54, 1.807) is 18.3 Å². The van der Waals surface area contributed by atoms with Crippen LogP contribution in [0, 0.1) is 17.1 Å². The molecule has 36 heavy (non-hydrogen) atoms. The summed E-state index contributed by atoms with van der Waals surface area (Å²) in [7, 11) is 1.99. The van der Waals surface area contributed by atoms with Gasteiger partial charge in [0, 0.05) is 22.8 Å². The number of hydrogen-bond donors (Lipinski definition) is 2. The normalized spacial score (nSPS) is 17.8. The van der Waals surface area contributed by atoms with Crippen molar-refractivity contribution >= 4 is 41.7 Å². The minimum atomic E-state index is -0.825. The Kier molecular flexibility index (Phi) is 5.20. The zero-order valence-electron chi connectivity index (χ0n) is 20.0. The van der Waals surface area contributed by atoms with E-state index in [9.17, 15) is 9.65 Å². The van der Waals surface area contributed by atoms with E-state index in [0.29, 0.717) is 27.8 Å². The maximum absolute atomic E-state index is 13.8. The Morgan fingerprint density at radius 2 is 2.00 bits per heavy atom. The molecular weight excluding hydrogens is 476 g/mol. The van der Waals surface area contributed by atoms with Gasteiger partial charge >= 0.3 is 0 Å². The predicted octanol–water partition coefficient (Wildman–Crippen LogP) is 4.74. The Morgan fingerprint density at radius 3 is 2.67 bits per heavy atom. The molecule has 0 amide bonds. The summed E-state index contributed by atoms with van der Waals surface area (Å²) in [5.74, 6) is -0.309. The molecule has 1 atom stereocenters. The van der Waals surface area contributed by atoms with Gasteiger partial charge in [0.15, 0.2) is 0 Å². The fourth-order valence-corrected chi connectivity index (χ4v) is 4.81. The Morgan fingerprint density at radius 1 is 1.25 bits per heavy atom. The lowest BCUT2D eigenvalue weighted by molar-refractivity contribution is 0.610. The van der Waals surface area contributed by atoms with Gasteiger partial charge < -0.3 is 10.6 Å².